The quantitative estimate of drug-likeness (QED) is 0.232. The van der Waals surface area contributed by atoms with Crippen molar-refractivity contribution in [2.45, 2.75) is 25.7 Å². The van der Waals surface area contributed by atoms with E-state index < -0.39 is 21.8 Å². The summed E-state index contributed by atoms with van der Waals surface area (Å²) in [4.78, 5) is 30.1. The predicted octanol–water partition coefficient (Wildman–Crippen LogP) is 5.86. The number of carbonyl (C=O) groups is 2. The Bertz CT molecular complexity index is 1740. The third-order valence-electron chi connectivity index (χ3n) is 6.88. The van der Waals surface area contributed by atoms with E-state index in [9.17, 15) is 18.0 Å². The summed E-state index contributed by atoms with van der Waals surface area (Å²) in [6.45, 7) is 8.03. The number of carbonyl (C=O) groups excluding carboxylic acids is 2. The van der Waals surface area contributed by atoms with Crippen molar-refractivity contribution in [1.82, 2.24) is 0 Å². The highest BCUT2D eigenvalue weighted by Gasteiger charge is 2.34. The summed E-state index contributed by atoms with van der Waals surface area (Å²) in [7, 11) is -3.91. The molecule has 0 aliphatic carbocycles. The van der Waals surface area contributed by atoms with Gasteiger partial charge in [0.25, 0.3) is 11.8 Å². The van der Waals surface area contributed by atoms with Crippen LogP contribution in [0.5, 0.6) is 0 Å². The van der Waals surface area contributed by atoms with Gasteiger partial charge in [-0.15, -0.1) is 5.11 Å². The number of aryl methyl sites for hydroxylation is 1. The van der Waals surface area contributed by atoms with Gasteiger partial charge >= 0.3 is 0 Å². The topological polar surface area (TPSA) is 126 Å². The molecule has 10 heteroatoms. The smallest absolute Gasteiger partial charge is 0.265 e. The van der Waals surface area contributed by atoms with Crippen LogP contribution >= 0.6 is 0 Å². The van der Waals surface area contributed by atoms with Gasteiger partial charge in [-0.05, 0) is 87.0 Å². The number of nitrogens with zero attached hydrogens (tertiary/aromatic N) is 4. The standard InChI is InChI=1S/C29H27N5O4S/c1-4-33(5-2)20-11-15-25(18(3)17-20)31-32-26-16-14-24-27-22(26)7-6-8-23(27)28(35)34(29(24)36)19-9-12-21(13-10-19)39(30,37)38/h6-17H,4-5H2,1-3H3,(H2,30,37,38). The second kappa shape index (κ2) is 10.0. The van der Waals surface area contributed by atoms with Crippen molar-refractivity contribution in [1.29, 1.82) is 0 Å². The lowest BCUT2D eigenvalue weighted by molar-refractivity contribution is 0.0893. The number of anilines is 2. The van der Waals surface area contributed by atoms with Crippen LogP contribution in [0.4, 0.5) is 22.7 Å². The average Bonchev–Trinajstić information content (AvgIpc) is 2.92. The summed E-state index contributed by atoms with van der Waals surface area (Å²) < 4.78 is 23.2. The number of amides is 2. The summed E-state index contributed by atoms with van der Waals surface area (Å²) in [6, 6.07) is 19.9. The van der Waals surface area contributed by atoms with E-state index >= 15 is 0 Å². The van der Waals surface area contributed by atoms with E-state index in [0.717, 1.165) is 34.9 Å². The highest BCUT2D eigenvalue weighted by atomic mass is 32.2. The van der Waals surface area contributed by atoms with Crippen LogP contribution in [-0.4, -0.2) is 33.3 Å². The molecule has 2 N–H and O–H groups in total. The van der Waals surface area contributed by atoms with Crippen molar-refractivity contribution in [2.75, 3.05) is 22.9 Å². The van der Waals surface area contributed by atoms with Gasteiger partial charge < -0.3 is 4.90 Å². The van der Waals surface area contributed by atoms with Crippen molar-refractivity contribution in [3.8, 4) is 0 Å². The number of azo groups is 1. The van der Waals surface area contributed by atoms with Gasteiger partial charge in [-0.25, -0.2) is 18.5 Å². The van der Waals surface area contributed by atoms with E-state index in [0.29, 0.717) is 27.6 Å². The Labute approximate surface area is 226 Å². The van der Waals surface area contributed by atoms with E-state index in [1.165, 1.54) is 24.3 Å². The molecule has 0 bridgehead atoms. The SMILES string of the molecule is CCN(CC)c1ccc(N=Nc2ccc3c4c(cccc24)C(=O)N(c2ccc(S(N)(=O)=O)cc2)C3=O)c(C)c1. The van der Waals surface area contributed by atoms with Gasteiger partial charge in [0.2, 0.25) is 10.0 Å². The maximum Gasteiger partial charge on any atom is 0.265 e. The third-order valence-corrected chi connectivity index (χ3v) is 7.81. The van der Waals surface area contributed by atoms with Crippen molar-refractivity contribution in [3.63, 3.8) is 0 Å². The molecule has 0 radical (unpaired) electrons. The Balaban J connectivity index is 1.52. The van der Waals surface area contributed by atoms with E-state index in [4.69, 9.17) is 5.14 Å². The number of benzene rings is 4. The second-order valence-electron chi connectivity index (χ2n) is 9.19. The largest absolute Gasteiger partial charge is 0.372 e. The molecular formula is C29H27N5O4S. The number of primary sulfonamides is 1. The molecular weight excluding hydrogens is 514 g/mol. The fraction of sp³-hybridized carbons (Fsp3) is 0.172. The van der Waals surface area contributed by atoms with Gasteiger partial charge in [0, 0.05) is 40.7 Å². The molecule has 1 heterocycles. The predicted molar refractivity (Wildman–Crippen MR) is 152 cm³/mol. The Hall–Kier alpha value is -4.41. The van der Waals surface area contributed by atoms with Crippen LogP contribution in [0.1, 0.15) is 40.1 Å². The number of nitrogens with two attached hydrogens (primary N) is 1. The molecule has 0 spiro atoms. The summed E-state index contributed by atoms with van der Waals surface area (Å²) >= 11 is 0. The molecule has 9 nitrogen and oxygen atoms in total. The minimum atomic E-state index is -3.91. The van der Waals surface area contributed by atoms with E-state index in [1.54, 1.807) is 24.3 Å². The van der Waals surface area contributed by atoms with Gasteiger partial charge in [-0.2, -0.15) is 5.11 Å². The van der Waals surface area contributed by atoms with Crippen molar-refractivity contribution in [2.24, 2.45) is 15.4 Å². The first-order chi connectivity index (χ1) is 18.6. The Morgan fingerprint density at radius 2 is 1.44 bits per heavy atom. The molecule has 0 saturated carbocycles. The molecule has 4 aromatic rings. The Morgan fingerprint density at radius 1 is 0.821 bits per heavy atom. The molecule has 0 fully saturated rings. The molecule has 5 rings (SSSR count). The molecule has 1 aliphatic rings. The van der Waals surface area contributed by atoms with E-state index in [-0.39, 0.29) is 10.6 Å². The first-order valence-corrected chi connectivity index (χ1v) is 14.0. The summed E-state index contributed by atoms with van der Waals surface area (Å²) in [5, 5.41) is 15.3. The summed E-state index contributed by atoms with van der Waals surface area (Å²) in [6.07, 6.45) is 0. The van der Waals surface area contributed by atoms with Gasteiger partial charge in [-0.3, -0.25) is 9.59 Å². The zero-order valence-electron chi connectivity index (χ0n) is 21.7. The summed E-state index contributed by atoms with van der Waals surface area (Å²) in [5.74, 6) is -1.03. The monoisotopic (exact) mass is 541 g/mol. The molecule has 0 atom stereocenters. The van der Waals surface area contributed by atoms with E-state index in [1.807, 2.05) is 25.1 Å². The summed E-state index contributed by atoms with van der Waals surface area (Å²) in [5.41, 5.74) is 4.30. The van der Waals surface area contributed by atoms with Crippen molar-refractivity contribution < 1.29 is 18.0 Å². The van der Waals surface area contributed by atoms with Crippen molar-refractivity contribution in [3.05, 3.63) is 89.5 Å². The van der Waals surface area contributed by atoms with E-state index in [2.05, 4.69) is 35.0 Å². The first kappa shape index (κ1) is 26.2. The minimum Gasteiger partial charge on any atom is -0.372 e. The Morgan fingerprint density at radius 3 is 2.05 bits per heavy atom. The zero-order valence-corrected chi connectivity index (χ0v) is 22.6. The average molecular weight is 542 g/mol. The van der Waals surface area contributed by atoms with Gasteiger partial charge in [-0.1, -0.05) is 12.1 Å². The number of sulfonamides is 1. The van der Waals surface area contributed by atoms with Gasteiger partial charge in [0.1, 0.15) is 0 Å². The molecule has 4 aromatic carbocycles. The fourth-order valence-corrected chi connectivity index (χ4v) is 5.35. The van der Waals surface area contributed by atoms with Gasteiger partial charge in [0.15, 0.2) is 0 Å². The maximum atomic E-state index is 13.5. The van der Waals surface area contributed by atoms with Gasteiger partial charge in [0.05, 0.1) is 22.0 Å². The third kappa shape index (κ3) is 4.68. The highest BCUT2D eigenvalue weighted by molar-refractivity contribution is 7.89. The van der Waals surface area contributed by atoms with Crippen LogP contribution in [0.15, 0.2) is 87.9 Å². The Kier molecular flexibility index (Phi) is 6.75. The molecule has 1 aliphatic heterocycles. The lowest BCUT2D eigenvalue weighted by Gasteiger charge is -2.27. The van der Waals surface area contributed by atoms with Crippen LogP contribution in [0.25, 0.3) is 10.8 Å². The normalized spacial score (nSPS) is 13.5. The second-order valence-corrected chi connectivity index (χ2v) is 10.7. The number of rotatable bonds is 7. The number of hydrogen-bond acceptors (Lipinski definition) is 7. The van der Waals surface area contributed by atoms with Crippen LogP contribution in [0, 0.1) is 6.92 Å². The molecule has 198 valence electrons. The molecule has 0 unspecified atom stereocenters. The van der Waals surface area contributed by atoms with Crippen LogP contribution in [0.2, 0.25) is 0 Å². The first-order valence-electron chi connectivity index (χ1n) is 12.5. The zero-order chi connectivity index (χ0) is 27.9. The van der Waals surface area contributed by atoms with Crippen LogP contribution in [-0.2, 0) is 10.0 Å². The highest BCUT2D eigenvalue weighted by Crippen LogP contribution is 2.38. The van der Waals surface area contributed by atoms with Crippen LogP contribution < -0.4 is 14.9 Å². The fourth-order valence-electron chi connectivity index (χ4n) is 4.83. The lowest BCUT2D eigenvalue weighted by atomic mass is 9.93. The lowest BCUT2D eigenvalue weighted by Crippen LogP contribution is -2.40. The number of imide groups is 1. The number of hydrogen-bond donors (Lipinski definition) is 1. The molecule has 2 amide bonds. The van der Waals surface area contributed by atoms with Crippen molar-refractivity contribution >= 4 is 55.4 Å². The molecule has 0 aromatic heterocycles. The maximum absolute atomic E-state index is 13.5. The minimum absolute atomic E-state index is 0.112. The molecule has 0 saturated heterocycles. The molecule has 39 heavy (non-hydrogen) atoms. The van der Waals surface area contributed by atoms with Crippen LogP contribution in [0.3, 0.4) is 0 Å².